The number of methoxy groups -OCH3 is 1. The van der Waals surface area contributed by atoms with E-state index in [9.17, 15) is 4.79 Å². The highest BCUT2D eigenvalue weighted by atomic mass is 16.5. The normalized spacial score (nSPS) is 27.6. The molecule has 6 heteroatoms. The molecule has 128 valence electrons. The first-order chi connectivity index (χ1) is 11.1. The van der Waals surface area contributed by atoms with Crippen LogP contribution in [0.2, 0.25) is 0 Å². The van der Waals surface area contributed by atoms with Gasteiger partial charge in [0.25, 0.3) is 0 Å². The average Bonchev–Trinajstić information content (AvgIpc) is 3.25. The topological polar surface area (TPSA) is 63.9 Å². The first-order valence-electron chi connectivity index (χ1n) is 8.37. The highest BCUT2D eigenvalue weighted by molar-refractivity contribution is 5.75. The predicted octanol–water partition coefficient (Wildman–Crippen LogP) is 2.84. The van der Waals surface area contributed by atoms with E-state index in [1.165, 1.54) is 0 Å². The van der Waals surface area contributed by atoms with Crippen molar-refractivity contribution >= 4 is 6.03 Å². The summed E-state index contributed by atoms with van der Waals surface area (Å²) in [5.74, 6) is 1.63. The number of carbonyl (C=O) groups is 1. The molecular formula is C17H26N2O4. The van der Waals surface area contributed by atoms with Gasteiger partial charge >= 0.3 is 6.03 Å². The predicted molar refractivity (Wildman–Crippen MR) is 85.1 cm³/mol. The van der Waals surface area contributed by atoms with Crippen molar-refractivity contribution in [1.82, 2.24) is 10.2 Å². The van der Waals surface area contributed by atoms with Gasteiger partial charge in [-0.25, -0.2) is 4.79 Å². The van der Waals surface area contributed by atoms with Gasteiger partial charge in [0.2, 0.25) is 0 Å². The van der Waals surface area contributed by atoms with E-state index in [0.29, 0.717) is 13.2 Å². The second-order valence-electron chi connectivity index (χ2n) is 6.65. The van der Waals surface area contributed by atoms with Crippen molar-refractivity contribution in [3.05, 3.63) is 23.7 Å². The Morgan fingerprint density at radius 3 is 3.09 bits per heavy atom. The molecule has 1 aromatic heterocycles. The first-order valence-corrected chi connectivity index (χ1v) is 8.37. The van der Waals surface area contributed by atoms with Crippen LogP contribution in [0.5, 0.6) is 0 Å². The van der Waals surface area contributed by atoms with Crippen molar-refractivity contribution in [2.45, 2.75) is 50.9 Å². The molecule has 0 saturated carbocycles. The Bertz CT molecular complexity index is 536. The summed E-state index contributed by atoms with van der Waals surface area (Å²) in [5, 5.41) is 3.03. The molecule has 1 aromatic rings. The number of likely N-dealkylation sites (tertiary alicyclic amines) is 1. The number of furan rings is 1. The molecule has 2 unspecified atom stereocenters. The summed E-state index contributed by atoms with van der Waals surface area (Å²) in [5.41, 5.74) is -0.221. The van der Waals surface area contributed by atoms with Crippen LogP contribution in [0.15, 0.2) is 16.5 Å². The lowest BCUT2D eigenvalue weighted by Gasteiger charge is -2.28. The fourth-order valence-corrected chi connectivity index (χ4v) is 3.44. The van der Waals surface area contributed by atoms with Gasteiger partial charge in [-0.3, -0.25) is 0 Å². The van der Waals surface area contributed by atoms with Crippen LogP contribution < -0.4 is 5.32 Å². The lowest BCUT2D eigenvalue weighted by Crippen LogP contribution is -2.46. The SMILES string of the molecule is COCc1ccc(C2CCCN2C(=O)NCC2(C)CCCO2)o1. The van der Waals surface area contributed by atoms with E-state index in [1.54, 1.807) is 7.11 Å². The van der Waals surface area contributed by atoms with Gasteiger partial charge < -0.3 is 24.1 Å². The van der Waals surface area contributed by atoms with Gasteiger partial charge in [-0.2, -0.15) is 0 Å². The molecule has 2 saturated heterocycles. The minimum Gasteiger partial charge on any atom is -0.461 e. The lowest BCUT2D eigenvalue weighted by molar-refractivity contribution is 0.0217. The average molecular weight is 322 g/mol. The molecule has 2 aliphatic rings. The van der Waals surface area contributed by atoms with E-state index in [0.717, 1.165) is 50.4 Å². The van der Waals surface area contributed by atoms with Gasteiger partial charge in [0.1, 0.15) is 18.1 Å². The Kier molecular flexibility index (Phi) is 4.92. The molecule has 0 radical (unpaired) electrons. The van der Waals surface area contributed by atoms with Crippen molar-refractivity contribution in [2.24, 2.45) is 0 Å². The largest absolute Gasteiger partial charge is 0.461 e. The van der Waals surface area contributed by atoms with Gasteiger partial charge in [-0.15, -0.1) is 0 Å². The zero-order valence-electron chi connectivity index (χ0n) is 14.0. The van der Waals surface area contributed by atoms with E-state index in [1.807, 2.05) is 17.0 Å². The maximum Gasteiger partial charge on any atom is 0.318 e. The van der Waals surface area contributed by atoms with Gasteiger partial charge in [-0.05, 0) is 44.7 Å². The number of amides is 2. The number of rotatable bonds is 5. The Balaban J connectivity index is 1.60. The van der Waals surface area contributed by atoms with Crippen LogP contribution in [0, 0.1) is 0 Å². The molecule has 0 bridgehead atoms. The third kappa shape index (κ3) is 3.70. The zero-order valence-corrected chi connectivity index (χ0v) is 14.0. The molecule has 23 heavy (non-hydrogen) atoms. The summed E-state index contributed by atoms with van der Waals surface area (Å²) >= 11 is 0. The molecule has 3 rings (SSSR count). The molecule has 2 aliphatic heterocycles. The van der Waals surface area contributed by atoms with Crippen molar-refractivity contribution in [1.29, 1.82) is 0 Å². The second-order valence-corrected chi connectivity index (χ2v) is 6.65. The summed E-state index contributed by atoms with van der Waals surface area (Å²) in [4.78, 5) is 14.4. The molecule has 0 aliphatic carbocycles. The van der Waals surface area contributed by atoms with Crippen molar-refractivity contribution in [3.8, 4) is 0 Å². The maximum atomic E-state index is 12.6. The number of carbonyl (C=O) groups excluding carboxylic acids is 1. The van der Waals surface area contributed by atoms with E-state index in [2.05, 4.69) is 12.2 Å². The fourth-order valence-electron chi connectivity index (χ4n) is 3.44. The lowest BCUT2D eigenvalue weighted by atomic mass is 10.0. The van der Waals surface area contributed by atoms with Gasteiger partial charge in [0, 0.05) is 26.8 Å². The van der Waals surface area contributed by atoms with E-state index in [4.69, 9.17) is 13.9 Å². The van der Waals surface area contributed by atoms with Gasteiger partial charge in [-0.1, -0.05) is 0 Å². The molecule has 1 N–H and O–H groups in total. The summed E-state index contributed by atoms with van der Waals surface area (Å²) in [6.45, 7) is 4.61. The number of hydrogen-bond acceptors (Lipinski definition) is 4. The third-order valence-electron chi connectivity index (χ3n) is 4.73. The molecular weight excluding hydrogens is 296 g/mol. The van der Waals surface area contributed by atoms with Crippen molar-refractivity contribution < 1.29 is 18.7 Å². The summed E-state index contributed by atoms with van der Waals surface area (Å²) in [7, 11) is 1.64. The van der Waals surface area contributed by atoms with E-state index < -0.39 is 0 Å². The smallest absolute Gasteiger partial charge is 0.318 e. The molecule has 0 spiro atoms. The first kappa shape index (κ1) is 16.3. The monoisotopic (exact) mass is 322 g/mol. The number of nitrogens with one attached hydrogen (secondary N) is 1. The molecule has 2 fully saturated rings. The zero-order chi connectivity index (χ0) is 16.3. The van der Waals surface area contributed by atoms with E-state index >= 15 is 0 Å². The Morgan fingerprint density at radius 2 is 2.35 bits per heavy atom. The number of nitrogens with zero attached hydrogens (tertiary/aromatic N) is 1. The Morgan fingerprint density at radius 1 is 1.48 bits per heavy atom. The highest BCUT2D eigenvalue weighted by Crippen LogP contribution is 2.33. The standard InChI is InChI=1S/C17H26N2O4/c1-17(8-4-10-22-17)12-18-16(20)19-9-3-5-14(19)15-7-6-13(23-15)11-21-2/h6-7,14H,3-5,8-12H2,1-2H3,(H,18,20). The van der Waals surface area contributed by atoms with E-state index in [-0.39, 0.29) is 17.7 Å². The summed E-state index contributed by atoms with van der Waals surface area (Å²) in [6.07, 6.45) is 3.98. The quantitative estimate of drug-likeness (QED) is 0.905. The highest BCUT2D eigenvalue weighted by Gasteiger charge is 2.35. The summed E-state index contributed by atoms with van der Waals surface area (Å²) < 4.78 is 16.6. The van der Waals surface area contributed by atoms with Crippen LogP contribution in [-0.4, -0.2) is 43.3 Å². The van der Waals surface area contributed by atoms with Crippen LogP contribution in [0.4, 0.5) is 4.79 Å². The fraction of sp³-hybridized carbons (Fsp3) is 0.706. The molecule has 2 amide bonds. The van der Waals surface area contributed by atoms with Crippen LogP contribution in [0.25, 0.3) is 0 Å². The minimum atomic E-state index is -0.221. The summed E-state index contributed by atoms with van der Waals surface area (Å²) in [6, 6.07) is 3.85. The molecule has 0 aromatic carbocycles. The van der Waals surface area contributed by atoms with Gasteiger partial charge in [0.15, 0.2) is 0 Å². The molecule has 6 nitrogen and oxygen atoms in total. The van der Waals surface area contributed by atoms with Crippen LogP contribution in [0.1, 0.15) is 50.2 Å². The minimum absolute atomic E-state index is 0.0120. The Hall–Kier alpha value is -1.53. The van der Waals surface area contributed by atoms with Crippen molar-refractivity contribution in [2.75, 3.05) is 26.8 Å². The van der Waals surface area contributed by atoms with Crippen LogP contribution in [-0.2, 0) is 16.1 Å². The maximum absolute atomic E-state index is 12.6. The number of hydrogen-bond donors (Lipinski definition) is 1. The third-order valence-corrected chi connectivity index (χ3v) is 4.73. The Labute approximate surface area is 137 Å². The molecule has 2 atom stereocenters. The van der Waals surface area contributed by atoms with Crippen LogP contribution in [0.3, 0.4) is 0 Å². The van der Waals surface area contributed by atoms with Crippen LogP contribution >= 0.6 is 0 Å². The number of urea groups is 1. The second kappa shape index (κ2) is 6.93. The van der Waals surface area contributed by atoms with Gasteiger partial charge in [0.05, 0.1) is 11.6 Å². The molecule has 3 heterocycles. The van der Waals surface area contributed by atoms with Crippen molar-refractivity contribution in [3.63, 3.8) is 0 Å². The number of ether oxygens (including phenoxy) is 2.